The molecule has 0 aromatic heterocycles. The fourth-order valence-electron chi connectivity index (χ4n) is 1.76. The molecule has 0 heterocycles. The molecule has 0 fully saturated rings. The maximum Gasteiger partial charge on any atom is 0.488 e. The molecular formula is C13H14BNO4S. The number of rotatable bonds is 4. The van der Waals surface area contributed by atoms with Crippen molar-refractivity contribution in [3.63, 3.8) is 0 Å². The van der Waals surface area contributed by atoms with Crippen molar-refractivity contribution in [2.75, 3.05) is 4.72 Å². The van der Waals surface area contributed by atoms with Crippen molar-refractivity contribution >= 4 is 28.3 Å². The summed E-state index contributed by atoms with van der Waals surface area (Å²) in [4.78, 5) is 0.160. The minimum Gasteiger partial charge on any atom is -0.423 e. The van der Waals surface area contributed by atoms with Crippen LogP contribution in [-0.2, 0) is 10.0 Å². The first kappa shape index (κ1) is 14.6. The van der Waals surface area contributed by atoms with Crippen LogP contribution in [0, 0.1) is 6.92 Å². The Morgan fingerprint density at radius 1 is 1.05 bits per heavy atom. The third-order valence-corrected chi connectivity index (χ3v) is 4.12. The van der Waals surface area contributed by atoms with E-state index in [1.54, 1.807) is 24.3 Å². The van der Waals surface area contributed by atoms with Crippen molar-refractivity contribution in [2.24, 2.45) is 0 Å². The van der Waals surface area contributed by atoms with Gasteiger partial charge in [0.1, 0.15) is 0 Å². The molecule has 0 bridgehead atoms. The van der Waals surface area contributed by atoms with E-state index in [-0.39, 0.29) is 16.0 Å². The molecule has 7 heteroatoms. The second-order valence-corrected chi connectivity index (χ2v) is 6.10. The van der Waals surface area contributed by atoms with Crippen molar-refractivity contribution in [2.45, 2.75) is 11.8 Å². The van der Waals surface area contributed by atoms with Gasteiger partial charge >= 0.3 is 7.12 Å². The molecule has 2 aromatic rings. The molecule has 5 nitrogen and oxygen atoms in total. The van der Waals surface area contributed by atoms with Crippen molar-refractivity contribution in [1.82, 2.24) is 0 Å². The van der Waals surface area contributed by atoms with Crippen LogP contribution >= 0.6 is 0 Å². The Hall–Kier alpha value is -1.83. The second kappa shape index (κ2) is 5.66. The Morgan fingerprint density at radius 2 is 1.75 bits per heavy atom. The SMILES string of the molecule is Cc1cccc(S(=O)(=O)Nc2cccc(B(O)O)c2)c1. The Morgan fingerprint density at radius 3 is 2.40 bits per heavy atom. The predicted molar refractivity (Wildman–Crippen MR) is 78.3 cm³/mol. The number of hydrogen-bond acceptors (Lipinski definition) is 4. The molecular weight excluding hydrogens is 277 g/mol. The molecule has 2 rings (SSSR count). The fourth-order valence-corrected chi connectivity index (χ4v) is 2.91. The van der Waals surface area contributed by atoms with Crippen LogP contribution in [0.3, 0.4) is 0 Å². The van der Waals surface area contributed by atoms with Crippen LogP contribution in [0.4, 0.5) is 5.69 Å². The summed E-state index contributed by atoms with van der Waals surface area (Å²) in [5, 5.41) is 18.2. The monoisotopic (exact) mass is 291 g/mol. The molecule has 104 valence electrons. The third kappa shape index (κ3) is 3.38. The topological polar surface area (TPSA) is 86.6 Å². The van der Waals surface area contributed by atoms with Crippen molar-refractivity contribution < 1.29 is 18.5 Å². The second-order valence-electron chi connectivity index (χ2n) is 4.42. The molecule has 0 amide bonds. The number of aryl methyl sites for hydroxylation is 1. The van der Waals surface area contributed by atoms with Crippen molar-refractivity contribution in [3.8, 4) is 0 Å². The lowest BCUT2D eigenvalue weighted by Crippen LogP contribution is -2.30. The lowest BCUT2D eigenvalue weighted by atomic mass is 9.80. The lowest BCUT2D eigenvalue weighted by molar-refractivity contribution is 0.426. The molecule has 0 unspecified atom stereocenters. The highest BCUT2D eigenvalue weighted by molar-refractivity contribution is 7.92. The summed E-state index contributed by atoms with van der Waals surface area (Å²) >= 11 is 0. The van der Waals surface area contributed by atoms with Gasteiger partial charge in [-0.05, 0) is 42.2 Å². The summed E-state index contributed by atoms with van der Waals surface area (Å²) in [5.74, 6) is 0. The van der Waals surface area contributed by atoms with Gasteiger partial charge < -0.3 is 10.0 Å². The van der Waals surface area contributed by atoms with E-state index in [1.807, 2.05) is 13.0 Å². The van der Waals surface area contributed by atoms with E-state index < -0.39 is 17.1 Å². The van der Waals surface area contributed by atoms with Gasteiger partial charge in [-0.15, -0.1) is 0 Å². The van der Waals surface area contributed by atoms with E-state index in [1.165, 1.54) is 18.2 Å². The van der Waals surface area contributed by atoms with Crippen molar-refractivity contribution in [3.05, 3.63) is 54.1 Å². The van der Waals surface area contributed by atoms with Gasteiger partial charge in [0, 0.05) is 5.69 Å². The van der Waals surface area contributed by atoms with E-state index >= 15 is 0 Å². The van der Waals surface area contributed by atoms with Gasteiger partial charge in [-0.2, -0.15) is 0 Å². The quantitative estimate of drug-likeness (QED) is 0.715. The average molecular weight is 291 g/mol. The summed E-state index contributed by atoms with van der Waals surface area (Å²) in [6.45, 7) is 1.81. The Kier molecular flexibility index (Phi) is 4.13. The van der Waals surface area contributed by atoms with E-state index in [9.17, 15) is 8.42 Å². The summed E-state index contributed by atoms with van der Waals surface area (Å²) < 4.78 is 26.8. The van der Waals surface area contributed by atoms with Crippen LogP contribution in [0.1, 0.15) is 5.56 Å². The Labute approximate surface area is 118 Å². The molecule has 0 saturated carbocycles. The molecule has 2 aromatic carbocycles. The van der Waals surface area contributed by atoms with Gasteiger partial charge in [0.15, 0.2) is 0 Å². The largest absolute Gasteiger partial charge is 0.488 e. The molecule has 0 aliphatic rings. The molecule has 0 saturated heterocycles. The maximum absolute atomic E-state index is 12.2. The van der Waals surface area contributed by atoms with Gasteiger partial charge in [-0.3, -0.25) is 4.72 Å². The number of benzene rings is 2. The normalized spacial score (nSPS) is 11.2. The number of hydrogen-bond donors (Lipinski definition) is 3. The van der Waals surface area contributed by atoms with Crippen LogP contribution in [0.2, 0.25) is 0 Å². The lowest BCUT2D eigenvalue weighted by Gasteiger charge is -2.10. The summed E-state index contributed by atoms with van der Waals surface area (Å²) in [6, 6.07) is 12.5. The maximum atomic E-state index is 12.2. The van der Waals surface area contributed by atoms with Crippen LogP contribution in [0.25, 0.3) is 0 Å². The highest BCUT2D eigenvalue weighted by Crippen LogP contribution is 2.16. The van der Waals surface area contributed by atoms with Crippen LogP contribution in [-0.4, -0.2) is 25.6 Å². The molecule has 0 spiro atoms. The highest BCUT2D eigenvalue weighted by Gasteiger charge is 2.16. The summed E-state index contributed by atoms with van der Waals surface area (Å²) in [5.41, 5.74) is 1.33. The van der Waals surface area contributed by atoms with Crippen molar-refractivity contribution in [1.29, 1.82) is 0 Å². The molecule has 3 N–H and O–H groups in total. The average Bonchev–Trinajstić information content (AvgIpc) is 2.38. The molecule has 0 aliphatic heterocycles. The Balaban J connectivity index is 2.31. The van der Waals surface area contributed by atoms with Gasteiger partial charge in [-0.25, -0.2) is 8.42 Å². The van der Waals surface area contributed by atoms with Gasteiger partial charge in [0.25, 0.3) is 10.0 Å². The number of anilines is 1. The zero-order valence-electron chi connectivity index (χ0n) is 10.8. The summed E-state index contributed by atoms with van der Waals surface area (Å²) in [6.07, 6.45) is 0. The molecule has 0 radical (unpaired) electrons. The standard InChI is InChI=1S/C13H14BNO4S/c1-10-4-2-7-13(8-10)20(18,19)15-12-6-3-5-11(9-12)14(16)17/h2-9,15-17H,1H3. The Bertz CT molecular complexity index is 716. The zero-order chi connectivity index (χ0) is 14.8. The van der Waals surface area contributed by atoms with E-state index in [0.29, 0.717) is 0 Å². The number of nitrogens with one attached hydrogen (secondary N) is 1. The zero-order valence-corrected chi connectivity index (χ0v) is 11.6. The van der Waals surface area contributed by atoms with Crippen LogP contribution < -0.4 is 10.2 Å². The first-order chi connectivity index (χ1) is 9.38. The van der Waals surface area contributed by atoms with Gasteiger partial charge in [0.2, 0.25) is 0 Å². The van der Waals surface area contributed by atoms with Crippen LogP contribution in [0.5, 0.6) is 0 Å². The third-order valence-electron chi connectivity index (χ3n) is 2.74. The van der Waals surface area contributed by atoms with Crippen LogP contribution in [0.15, 0.2) is 53.4 Å². The molecule has 0 atom stereocenters. The summed E-state index contributed by atoms with van der Waals surface area (Å²) in [7, 11) is -5.33. The molecule has 20 heavy (non-hydrogen) atoms. The molecule has 0 aliphatic carbocycles. The smallest absolute Gasteiger partial charge is 0.423 e. The fraction of sp³-hybridized carbons (Fsp3) is 0.0769. The predicted octanol–water partition coefficient (Wildman–Crippen LogP) is 0.476. The first-order valence-electron chi connectivity index (χ1n) is 5.94. The first-order valence-corrected chi connectivity index (χ1v) is 7.42. The highest BCUT2D eigenvalue weighted by atomic mass is 32.2. The van der Waals surface area contributed by atoms with E-state index in [2.05, 4.69) is 4.72 Å². The van der Waals surface area contributed by atoms with E-state index in [0.717, 1.165) is 5.56 Å². The van der Waals surface area contributed by atoms with Gasteiger partial charge in [0.05, 0.1) is 4.90 Å². The minimum absolute atomic E-state index is 0.160. The number of sulfonamides is 1. The van der Waals surface area contributed by atoms with E-state index in [4.69, 9.17) is 10.0 Å². The van der Waals surface area contributed by atoms with Gasteiger partial charge in [-0.1, -0.05) is 24.3 Å². The minimum atomic E-state index is -3.69.